The Morgan fingerprint density at radius 3 is 3.04 bits per heavy atom. The van der Waals surface area contributed by atoms with Gasteiger partial charge in [-0.3, -0.25) is 14.8 Å². The number of piperidine rings is 3. The second-order valence-corrected chi connectivity index (χ2v) is 9.88. The van der Waals surface area contributed by atoms with Gasteiger partial charge in [0, 0.05) is 24.8 Å². The minimum absolute atomic E-state index is 0.126. The quantitative estimate of drug-likeness (QED) is 0.812. The van der Waals surface area contributed by atoms with Crippen molar-refractivity contribution in [3.63, 3.8) is 0 Å². The molecule has 152 valence electrons. The van der Waals surface area contributed by atoms with E-state index in [4.69, 9.17) is 0 Å². The van der Waals surface area contributed by atoms with Gasteiger partial charge >= 0.3 is 0 Å². The van der Waals surface area contributed by atoms with Crippen LogP contribution in [0.4, 0.5) is 0 Å². The van der Waals surface area contributed by atoms with Crippen LogP contribution in [0, 0.1) is 17.8 Å². The second-order valence-electron chi connectivity index (χ2n) is 9.88. The molecule has 3 aliphatic heterocycles. The van der Waals surface area contributed by atoms with Gasteiger partial charge in [-0.2, -0.15) is 5.10 Å². The molecule has 3 fully saturated rings. The number of nitrogens with one attached hydrogen (secondary N) is 1. The first-order valence-electron chi connectivity index (χ1n) is 11.4. The zero-order valence-electron chi connectivity index (χ0n) is 17.4. The first-order valence-corrected chi connectivity index (χ1v) is 11.4. The van der Waals surface area contributed by atoms with Crippen molar-refractivity contribution < 1.29 is 4.79 Å². The Morgan fingerprint density at radius 1 is 1.29 bits per heavy atom. The molecule has 4 heterocycles. The number of hydrogen-bond donors (Lipinski definition) is 1. The van der Waals surface area contributed by atoms with Gasteiger partial charge in [0.25, 0.3) is 5.91 Å². The Bertz CT molecular complexity index is 766. The van der Waals surface area contributed by atoms with Crippen LogP contribution in [0.5, 0.6) is 0 Å². The van der Waals surface area contributed by atoms with Crippen molar-refractivity contribution in [3.05, 3.63) is 29.1 Å². The fourth-order valence-electron chi connectivity index (χ4n) is 6.36. The number of likely N-dealkylation sites (tertiary alicyclic amines) is 1. The van der Waals surface area contributed by atoms with Crippen LogP contribution in [0.2, 0.25) is 0 Å². The summed E-state index contributed by atoms with van der Waals surface area (Å²) >= 11 is 0. The summed E-state index contributed by atoms with van der Waals surface area (Å²) in [6, 6.07) is 3.04. The van der Waals surface area contributed by atoms with Crippen molar-refractivity contribution in [2.24, 2.45) is 17.8 Å². The van der Waals surface area contributed by atoms with Gasteiger partial charge in [-0.1, -0.05) is 31.9 Å². The molecule has 0 saturated carbocycles. The van der Waals surface area contributed by atoms with Gasteiger partial charge in [-0.05, 0) is 68.9 Å². The minimum Gasteiger partial charge on any atom is -0.330 e. The Morgan fingerprint density at radius 2 is 2.18 bits per heavy atom. The highest BCUT2D eigenvalue weighted by atomic mass is 16.2. The van der Waals surface area contributed by atoms with Crippen LogP contribution in [-0.4, -0.2) is 57.6 Å². The zero-order valence-corrected chi connectivity index (χ0v) is 17.4. The number of carbonyl (C=O) groups is 1. The summed E-state index contributed by atoms with van der Waals surface area (Å²) in [5.41, 5.74) is 3.22. The Hall–Kier alpha value is -1.62. The van der Waals surface area contributed by atoms with Crippen LogP contribution in [0.3, 0.4) is 0 Å². The highest BCUT2D eigenvalue weighted by Gasteiger charge is 2.47. The lowest BCUT2D eigenvalue weighted by Crippen LogP contribution is -2.60. The van der Waals surface area contributed by atoms with E-state index in [0.717, 1.165) is 31.1 Å². The molecule has 3 saturated heterocycles. The van der Waals surface area contributed by atoms with E-state index in [0.29, 0.717) is 29.5 Å². The van der Waals surface area contributed by atoms with Crippen molar-refractivity contribution in [2.45, 2.75) is 70.9 Å². The molecule has 5 rings (SSSR count). The van der Waals surface area contributed by atoms with Gasteiger partial charge < -0.3 is 4.90 Å². The van der Waals surface area contributed by atoms with Crippen molar-refractivity contribution in [3.8, 4) is 0 Å². The molecule has 1 aromatic heterocycles. The first kappa shape index (κ1) is 18.4. The molecular weight excluding hydrogens is 348 g/mol. The van der Waals surface area contributed by atoms with Crippen molar-refractivity contribution in [1.29, 1.82) is 0 Å². The Labute approximate surface area is 168 Å². The van der Waals surface area contributed by atoms with Gasteiger partial charge in [0.1, 0.15) is 5.69 Å². The van der Waals surface area contributed by atoms with E-state index in [1.165, 1.54) is 45.2 Å². The predicted molar refractivity (Wildman–Crippen MR) is 110 cm³/mol. The topological polar surface area (TPSA) is 52.2 Å². The molecule has 4 atom stereocenters. The summed E-state index contributed by atoms with van der Waals surface area (Å²) < 4.78 is 0. The third-order valence-electron chi connectivity index (χ3n) is 7.40. The molecule has 1 aliphatic carbocycles. The summed E-state index contributed by atoms with van der Waals surface area (Å²) in [5, 5.41) is 7.47. The lowest BCUT2D eigenvalue weighted by molar-refractivity contribution is 0.00131. The number of amides is 1. The molecule has 5 heteroatoms. The third kappa shape index (κ3) is 3.22. The number of aromatic nitrogens is 2. The third-order valence-corrected chi connectivity index (χ3v) is 7.40. The molecule has 0 aromatic carbocycles. The molecule has 0 spiro atoms. The SMILES string of the molecule is CC(C)Cc1cc(C(=O)N2CCCC3=CC4CC(CN5CCCCC45)C32)n[nH]1. The van der Waals surface area contributed by atoms with E-state index in [-0.39, 0.29) is 5.91 Å². The van der Waals surface area contributed by atoms with Gasteiger partial charge in [-0.15, -0.1) is 0 Å². The number of fused-ring (bicyclic) bond motifs is 6. The van der Waals surface area contributed by atoms with Gasteiger partial charge in [0.2, 0.25) is 0 Å². The molecule has 1 N–H and O–H groups in total. The lowest BCUT2D eigenvalue weighted by Gasteiger charge is -2.54. The van der Waals surface area contributed by atoms with E-state index < -0.39 is 0 Å². The van der Waals surface area contributed by atoms with Crippen molar-refractivity contribution in [1.82, 2.24) is 20.0 Å². The second kappa shape index (κ2) is 7.33. The van der Waals surface area contributed by atoms with Crippen molar-refractivity contribution >= 4 is 5.91 Å². The number of nitrogens with zero attached hydrogens (tertiary/aromatic N) is 3. The van der Waals surface area contributed by atoms with Gasteiger partial charge in [0.05, 0.1) is 6.04 Å². The number of aromatic amines is 1. The summed E-state index contributed by atoms with van der Waals surface area (Å²) in [5.74, 6) is 1.99. The molecule has 2 bridgehead atoms. The highest BCUT2D eigenvalue weighted by molar-refractivity contribution is 5.93. The average molecular weight is 383 g/mol. The van der Waals surface area contributed by atoms with Crippen LogP contribution in [0.1, 0.15) is 68.6 Å². The number of rotatable bonds is 3. The monoisotopic (exact) mass is 382 g/mol. The van der Waals surface area contributed by atoms with E-state index in [2.05, 4.69) is 39.9 Å². The van der Waals surface area contributed by atoms with Crippen LogP contribution in [0.25, 0.3) is 0 Å². The number of H-pyrrole nitrogens is 1. The lowest BCUT2D eigenvalue weighted by atomic mass is 9.68. The maximum absolute atomic E-state index is 13.4. The van der Waals surface area contributed by atoms with Gasteiger partial charge in [0.15, 0.2) is 0 Å². The summed E-state index contributed by atoms with van der Waals surface area (Å²) in [4.78, 5) is 18.3. The number of hydrogen-bond acceptors (Lipinski definition) is 3. The molecule has 0 radical (unpaired) electrons. The highest BCUT2D eigenvalue weighted by Crippen LogP contribution is 2.45. The van der Waals surface area contributed by atoms with Crippen LogP contribution < -0.4 is 0 Å². The molecule has 4 aliphatic rings. The largest absolute Gasteiger partial charge is 0.330 e. The van der Waals surface area contributed by atoms with Crippen LogP contribution in [0.15, 0.2) is 17.7 Å². The predicted octanol–water partition coefficient (Wildman–Crippen LogP) is 3.64. The maximum atomic E-state index is 13.4. The molecular formula is C23H34N4O. The summed E-state index contributed by atoms with van der Waals surface area (Å²) in [6.45, 7) is 7.68. The van der Waals surface area contributed by atoms with Crippen LogP contribution in [-0.2, 0) is 6.42 Å². The normalized spacial score (nSPS) is 32.7. The standard InChI is InChI=1S/C23H34N4O/c1-15(2)10-19-13-20(25-24-19)23(28)27-9-5-6-16-11-17-12-18(22(16)27)14-26-8-4-3-7-21(17)26/h11,13,15,17-18,21-22H,3-10,12,14H2,1-2H3,(H,24,25). The smallest absolute Gasteiger partial charge is 0.274 e. The molecule has 5 nitrogen and oxygen atoms in total. The maximum Gasteiger partial charge on any atom is 0.274 e. The first-order chi connectivity index (χ1) is 13.6. The average Bonchev–Trinajstić information content (AvgIpc) is 3.15. The minimum atomic E-state index is 0.126. The molecule has 1 amide bonds. The molecule has 1 aromatic rings. The summed E-state index contributed by atoms with van der Waals surface area (Å²) in [7, 11) is 0. The van der Waals surface area contributed by atoms with Crippen molar-refractivity contribution in [2.75, 3.05) is 19.6 Å². The fourth-order valence-corrected chi connectivity index (χ4v) is 6.36. The van der Waals surface area contributed by atoms with E-state index in [1.54, 1.807) is 5.57 Å². The fraction of sp³-hybridized carbons (Fsp3) is 0.739. The zero-order chi connectivity index (χ0) is 19.3. The van der Waals surface area contributed by atoms with Crippen LogP contribution >= 0.6 is 0 Å². The van der Waals surface area contributed by atoms with E-state index >= 15 is 0 Å². The van der Waals surface area contributed by atoms with E-state index in [9.17, 15) is 4.79 Å². The van der Waals surface area contributed by atoms with Gasteiger partial charge in [-0.25, -0.2) is 0 Å². The molecule has 4 unspecified atom stereocenters. The number of carbonyl (C=O) groups excluding carboxylic acids is 1. The summed E-state index contributed by atoms with van der Waals surface area (Å²) in [6.07, 6.45) is 11.1. The molecule has 28 heavy (non-hydrogen) atoms. The Kier molecular flexibility index (Phi) is 4.82. The Balaban J connectivity index is 1.40. The van der Waals surface area contributed by atoms with E-state index in [1.807, 2.05) is 6.07 Å².